The number of aliphatic hydroxyl groups is 3. The summed E-state index contributed by atoms with van der Waals surface area (Å²) in [5.41, 5.74) is 18.4. The Morgan fingerprint density at radius 3 is 2.29 bits per heavy atom. The number of nitrogens with two attached hydrogens (primary N) is 3. The number of rotatable bonds is 3. The molecule has 1 aliphatic heterocycles. The molecule has 9 N–H and O–H groups in total. The van der Waals surface area contributed by atoms with E-state index in [0.29, 0.717) is 17.1 Å². The number of carbonyl (C=O) groups is 1. The normalized spacial score (nSPS) is 16.4. The van der Waals surface area contributed by atoms with Crippen LogP contribution in [0.5, 0.6) is 0 Å². The fraction of sp³-hybridized carbons (Fsp3) is 0.364. The summed E-state index contributed by atoms with van der Waals surface area (Å²) in [6, 6.07) is 7.99. The van der Waals surface area contributed by atoms with Gasteiger partial charge in [-0.3, -0.25) is 4.79 Å². The molecule has 2 atom stereocenters. The molecule has 1 aromatic carbocycles. The van der Waals surface area contributed by atoms with E-state index in [-0.39, 0.29) is 18.1 Å². The van der Waals surface area contributed by atoms with Crippen LogP contribution in [0.15, 0.2) is 42.7 Å². The molecular weight excluding hydrogens is 442 g/mol. The molecule has 3 heterocycles. The molecule has 4 rings (SSSR count). The molecule has 0 saturated carbocycles. The Bertz CT molecular complexity index is 1080. The van der Waals surface area contributed by atoms with Crippen LogP contribution in [0.2, 0.25) is 0 Å². The van der Waals surface area contributed by atoms with Gasteiger partial charge in [0.15, 0.2) is 34.9 Å². The number of anilines is 2. The van der Waals surface area contributed by atoms with Crippen LogP contribution in [0.1, 0.15) is 39.2 Å². The molecule has 0 bridgehead atoms. The summed E-state index contributed by atoms with van der Waals surface area (Å²) in [5.74, 6) is 0.296. The molecule has 3 aromatic rings. The maximum atomic E-state index is 9.83. The maximum absolute atomic E-state index is 9.83. The first kappa shape index (κ1) is 28.1. The van der Waals surface area contributed by atoms with Gasteiger partial charge in [0.05, 0.1) is 6.61 Å². The zero-order chi connectivity index (χ0) is 25.8. The first-order chi connectivity index (χ1) is 16.3. The van der Waals surface area contributed by atoms with Gasteiger partial charge in [-0.2, -0.15) is 0 Å². The number of amides is 1. The van der Waals surface area contributed by atoms with Gasteiger partial charge >= 0.3 is 0 Å². The first-order valence-corrected chi connectivity index (χ1v) is 10.6. The highest BCUT2D eigenvalue weighted by molar-refractivity contribution is 5.83. The van der Waals surface area contributed by atoms with Gasteiger partial charge in [-0.05, 0) is 17.5 Å². The molecule has 34 heavy (non-hydrogen) atoms. The van der Waals surface area contributed by atoms with Crippen molar-refractivity contribution >= 4 is 35.0 Å². The van der Waals surface area contributed by atoms with E-state index in [0.717, 1.165) is 5.69 Å². The second kappa shape index (κ2) is 13.6. The van der Waals surface area contributed by atoms with E-state index in [1.165, 1.54) is 22.8 Å². The molecule has 12 heteroatoms. The van der Waals surface area contributed by atoms with Crippen molar-refractivity contribution in [1.82, 2.24) is 19.5 Å². The molecule has 0 spiro atoms. The minimum atomic E-state index is -1.29. The molecule has 0 fully saturated rings. The van der Waals surface area contributed by atoms with E-state index < -0.39 is 24.6 Å². The number of hydrogen-bond acceptors (Lipinski definition) is 10. The average Bonchev–Trinajstić information content (AvgIpc) is 3.38. The van der Waals surface area contributed by atoms with Crippen molar-refractivity contribution in [2.75, 3.05) is 18.1 Å². The van der Waals surface area contributed by atoms with Gasteiger partial charge in [-0.25, -0.2) is 19.5 Å². The van der Waals surface area contributed by atoms with Crippen LogP contribution in [0.3, 0.4) is 0 Å². The lowest BCUT2D eigenvalue weighted by molar-refractivity contribution is -0.106. The number of fused-ring (bicyclic) bond motifs is 1. The molecular formula is C22H33N7O5. The quantitative estimate of drug-likeness (QED) is 0.236. The van der Waals surface area contributed by atoms with Crippen LogP contribution in [0.4, 0.5) is 11.5 Å². The average molecular weight is 476 g/mol. The minimum Gasteiger partial charge on any atom is -0.505 e. The summed E-state index contributed by atoms with van der Waals surface area (Å²) >= 11 is 0. The van der Waals surface area contributed by atoms with Gasteiger partial charge in [0, 0.05) is 5.69 Å². The summed E-state index contributed by atoms with van der Waals surface area (Å²) in [4.78, 5) is 20.4. The number of nitrogens with zero attached hydrogens (tertiary/aromatic N) is 4. The van der Waals surface area contributed by atoms with Crippen molar-refractivity contribution in [3.05, 3.63) is 48.2 Å². The second-order valence-electron chi connectivity index (χ2n) is 6.94. The molecule has 0 radical (unpaired) electrons. The lowest BCUT2D eigenvalue weighted by Gasteiger charge is -2.11. The summed E-state index contributed by atoms with van der Waals surface area (Å²) in [7, 11) is 0. The van der Waals surface area contributed by atoms with Crippen molar-refractivity contribution in [3.8, 4) is 0 Å². The Morgan fingerprint density at radius 1 is 1.18 bits per heavy atom. The van der Waals surface area contributed by atoms with Crippen molar-refractivity contribution in [2.24, 2.45) is 5.73 Å². The molecule has 1 aliphatic rings. The van der Waals surface area contributed by atoms with E-state index in [1.807, 2.05) is 32.0 Å². The Balaban J connectivity index is 0.000000325. The van der Waals surface area contributed by atoms with Gasteiger partial charge in [-0.1, -0.05) is 45.9 Å². The van der Waals surface area contributed by atoms with Crippen LogP contribution in [-0.2, 0) is 9.53 Å². The second-order valence-corrected chi connectivity index (χ2v) is 6.94. The van der Waals surface area contributed by atoms with E-state index >= 15 is 0 Å². The number of ether oxygens (including phenoxy) is 1. The van der Waals surface area contributed by atoms with Gasteiger partial charge in [0.2, 0.25) is 12.3 Å². The van der Waals surface area contributed by atoms with Crippen LogP contribution in [0.25, 0.3) is 17.0 Å². The monoisotopic (exact) mass is 475 g/mol. The number of carbonyl (C=O) groups excluding carboxylic acids is 1. The Kier molecular flexibility index (Phi) is 11.3. The lowest BCUT2D eigenvalue weighted by Crippen LogP contribution is -2.27. The van der Waals surface area contributed by atoms with Gasteiger partial charge in [-0.15, -0.1) is 0 Å². The van der Waals surface area contributed by atoms with Gasteiger partial charge < -0.3 is 37.3 Å². The van der Waals surface area contributed by atoms with E-state index in [9.17, 15) is 10.2 Å². The molecule has 0 aliphatic carbocycles. The standard InChI is InChI=1S/C10H11N5O4.C9H13N.C2H6.CH3NO/c11-8-5-9(13-2-12-8)15(3-14-5)10-7(18)6(17)4(1-16)19-10;1-7(2)8-5-3-4-6-9(8)10;1-2;2-1-3/h2-4,6,16-18H,1H2,(H2,11,12,13);3-7H,10H2,1-2H3;1-2H3;1H,(H2,2,3). The Labute approximate surface area is 197 Å². The third-order valence-corrected chi connectivity index (χ3v) is 4.49. The molecule has 1 amide bonds. The van der Waals surface area contributed by atoms with Crippen LogP contribution >= 0.6 is 0 Å². The summed E-state index contributed by atoms with van der Waals surface area (Å²) < 4.78 is 6.61. The third kappa shape index (κ3) is 6.56. The van der Waals surface area contributed by atoms with Gasteiger partial charge in [0.1, 0.15) is 12.7 Å². The van der Waals surface area contributed by atoms with Crippen LogP contribution in [0, 0.1) is 0 Å². The third-order valence-electron chi connectivity index (χ3n) is 4.49. The number of aliphatic hydroxyl groups excluding tert-OH is 3. The molecule has 0 saturated heterocycles. The molecule has 12 nitrogen and oxygen atoms in total. The zero-order valence-corrected chi connectivity index (χ0v) is 19.7. The largest absolute Gasteiger partial charge is 0.505 e. The zero-order valence-electron chi connectivity index (χ0n) is 19.7. The predicted octanol–water partition coefficient (Wildman–Crippen LogP) is 1.36. The molecule has 2 aromatic heterocycles. The van der Waals surface area contributed by atoms with Crippen molar-refractivity contribution in [3.63, 3.8) is 0 Å². The highest BCUT2D eigenvalue weighted by Gasteiger charge is 2.37. The number of imidazole rings is 1. The summed E-state index contributed by atoms with van der Waals surface area (Å²) in [5, 5.41) is 28.5. The summed E-state index contributed by atoms with van der Waals surface area (Å²) in [6.45, 7) is 7.86. The lowest BCUT2D eigenvalue weighted by atomic mass is 10.0. The summed E-state index contributed by atoms with van der Waals surface area (Å²) in [6.07, 6.45) is 0.624. The highest BCUT2D eigenvalue weighted by atomic mass is 16.5. The van der Waals surface area contributed by atoms with Crippen LogP contribution < -0.4 is 17.2 Å². The van der Waals surface area contributed by atoms with Crippen molar-refractivity contribution in [1.29, 1.82) is 0 Å². The SMILES string of the molecule is CC.CC(C)c1ccccc1N.NC=O.Nc1ncnc2c1ncn2C1=C(O)C(O)C(CO)O1. The Hall–Kier alpha value is -3.90. The number of primary amides is 1. The van der Waals surface area contributed by atoms with Crippen molar-refractivity contribution < 1.29 is 24.9 Å². The number of benzene rings is 1. The van der Waals surface area contributed by atoms with E-state index in [1.54, 1.807) is 0 Å². The number of para-hydroxylation sites is 1. The number of hydrogen-bond donors (Lipinski definition) is 6. The maximum Gasteiger partial charge on any atom is 0.243 e. The number of aromatic nitrogens is 4. The van der Waals surface area contributed by atoms with Crippen LogP contribution in [-0.4, -0.2) is 60.1 Å². The first-order valence-electron chi connectivity index (χ1n) is 10.6. The molecule has 186 valence electrons. The Morgan fingerprint density at radius 2 is 1.79 bits per heavy atom. The van der Waals surface area contributed by atoms with Gasteiger partial charge in [0.25, 0.3) is 0 Å². The van der Waals surface area contributed by atoms with E-state index in [2.05, 4.69) is 40.6 Å². The topological polar surface area (TPSA) is 209 Å². The van der Waals surface area contributed by atoms with Crippen molar-refractivity contribution in [2.45, 2.75) is 45.8 Å². The van der Waals surface area contributed by atoms with E-state index in [4.69, 9.17) is 26.1 Å². The fourth-order valence-electron chi connectivity index (χ4n) is 2.93. The minimum absolute atomic E-state index is 0.0350. The molecule has 2 unspecified atom stereocenters. The smallest absolute Gasteiger partial charge is 0.243 e. The predicted molar refractivity (Wildman–Crippen MR) is 130 cm³/mol. The highest BCUT2D eigenvalue weighted by Crippen LogP contribution is 2.29. The number of nitrogen functional groups attached to an aromatic ring is 2. The fourth-order valence-corrected chi connectivity index (χ4v) is 2.93.